The first kappa shape index (κ1) is 18.7. The summed E-state index contributed by atoms with van der Waals surface area (Å²) in [5.74, 6) is -0.157. The van der Waals surface area contributed by atoms with Crippen LogP contribution >= 0.6 is 11.3 Å². The van der Waals surface area contributed by atoms with E-state index in [0.29, 0.717) is 32.0 Å². The second-order valence-corrected chi connectivity index (χ2v) is 6.46. The molecule has 0 aliphatic heterocycles. The summed E-state index contributed by atoms with van der Waals surface area (Å²) < 4.78 is 33.3. The first-order valence-corrected chi connectivity index (χ1v) is 8.55. The van der Waals surface area contributed by atoms with E-state index in [1.165, 1.54) is 19.2 Å². The largest absolute Gasteiger partial charge is 0.465 e. The number of hydrogen-bond donors (Lipinski definition) is 1. The molecule has 0 atom stereocenters. The normalized spacial score (nSPS) is 11.4. The maximum atomic E-state index is 12.3. The summed E-state index contributed by atoms with van der Waals surface area (Å²) in [6.45, 7) is -1.21. The van der Waals surface area contributed by atoms with Crippen LogP contribution in [0.3, 0.4) is 0 Å². The number of hydrogen-bond acceptors (Lipinski definition) is 6. The Balaban J connectivity index is 1.90. The topological polar surface area (TPSA) is 81.3 Å². The molecule has 27 heavy (non-hydrogen) atoms. The van der Waals surface area contributed by atoms with Gasteiger partial charge in [0.25, 0.3) is 5.56 Å². The number of carbonyl (C=O) groups is 1. The van der Waals surface area contributed by atoms with Crippen LogP contribution in [0.2, 0.25) is 0 Å². The van der Waals surface area contributed by atoms with Crippen molar-refractivity contribution in [2.45, 2.75) is 13.5 Å². The molecule has 0 saturated heterocycles. The first-order valence-electron chi connectivity index (χ1n) is 7.73. The van der Waals surface area contributed by atoms with Crippen LogP contribution in [0, 0.1) is 6.92 Å². The minimum Gasteiger partial charge on any atom is -0.465 e. The van der Waals surface area contributed by atoms with Gasteiger partial charge in [-0.25, -0.2) is 9.78 Å². The van der Waals surface area contributed by atoms with Gasteiger partial charge in [-0.15, -0.1) is 11.3 Å². The van der Waals surface area contributed by atoms with Crippen molar-refractivity contribution in [3.8, 4) is 5.75 Å². The number of H-pyrrole nitrogens is 1. The fourth-order valence-corrected chi connectivity index (χ4v) is 3.57. The van der Waals surface area contributed by atoms with E-state index >= 15 is 0 Å². The number of alkyl halides is 2. The zero-order chi connectivity index (χ0) is 19.6. The van der Waals surface area contributed by atoms with Gasteiger partial charge >= 0.3 is 12.6 Å². The first-order chi connectivity index (χ1) is 12.9. The summed E-state index contributed by atoms with van der Waals surface area (Å²) >= 11 is 1.09. The Hall–Kier alpha value is -3.07. The van der Waals surface area contributed by atoms with E-state index in [9.17, 15) is 18.4 Å². The number of aromatic amines is 1. The predicted molar refractivity (Wildman–Crippen MR) is 98.3 cm³/mol. The Kier molecular flexibility index (Phi) is 5.31. The van der Waals surface area contributed by atoms with Crippen molar-refractivity contribution in [3.63, 3.8) is 0 Å². The van der Waals surface area contributed by atoms with E-state index in [2.05, 4.69) is 14.7 Å². The van der Waals surface area contributed by atoms with Crippen molar-refractivity contribution in [1.29, 1.82) is 0 Å². The summed E-state index contributed by atoms with van der Waals surface area (Å²) in [6.07, 6.45) is 3.24. The highest BCUT2D eigenvalue weighted by molar-refractivity contribution is 7.20. The fraction of sp³-hybridized carbons (Fsp3) is 0.167. The number of esters is 1. The highest BCUT2D eigenvalue weighted by Gasteiger charge is 2.19. The molecule has 2 aromatic heterocycles. The van der Waals surface area contributed by atoms with Crippen LogP contribution in [-0.4, -0.2) is 29.7 Å². The zero-order valence-electron chi connectivity index (χ0n) is 14.3. The van der Waals surface area contributed by atoms with Crippen molar-refractivity contribution >= 4 is 39.7 Å². The molecule has 3 aromatic rings. The molecule has 2 heterocycles. The summed E-state index contributed by atoms with van der Waals surface area (Å²) in [5.41, 5.74) is 0.877. The Morgan fingerprint density at radius 1 is 1.26 bits per heavy atom. The lowest BCUT2D eigenvalue weighted by Crippen LogP contribution is -2.09. The van der Waals surface area contributed by atoms with Crippen LogP contribution < -0.4 is 10.3 Å². The standard InChI is InChI=1S/C18H14F2N2O4S/c1-9-13-15(23)21-12(22-16(13)27-14(9)17(24)25-2)8-5-10-3-6-11(7-4-10)26-18(19)20/h3-8,18H,1-2H3,(H,21,22,23)/b8-5+. The molecule has 6 nitrogen and oxygen atoms in total. The van der Waals surface area contributed by atoms with Gasteiger partial charge in [-0.1, -0.05) is 18.2 Å². The van der Waals surface area contributed by atoms with Gasteiger partial charge in [0.2, 0.25) is 0 Å². The lowest BCUT2D eigenvalue weighted by atomic mass is 10.2. The molecule has 0 aliphatic carbocycles. The van der Waals surface area contributed by atoms with E-state index in [1.807, 2.05) is 0 Å². The van der Waals surface area contributed by atoms with Gasteiger partial charge in [0, 0.05) is 0 Å². The second kappa shape index (κ2) is 7.67. The lowest BCUT2D eigenvalue weighted by Gasteiger charge is -2.03. The average Bonchev–Trinajstić information content (AvgIpc) is 2.97. The van der Waals surface area contributed by atoms with Gasteiger partial charge in [-0.2, -0.15) is 8.78 Å². The number of aromatic nitrogens is 2. The third kappa shape index (κ3) is 4.03. The van der Waals surface area contributed by atoms with Crippen LogP contribution in [0.25, 0.3) is 22.4 Å². The van der Waals surface area contributed by atoms with Crippen LogP contribution in [0.4, 0.5) is 8.78 Å². The molecule has 9 heteroatoms. The number of fused-ring (bicyclic) bond motifs is 1. The van der Waals surface area contributed by atoms with Crippen molar-refractivity contribution in [1.82, 2.24) is 9.97 Å². The van der Waals surface area contributed by atoms with Crippen LogP contribution in [0.15, 0.2) is 29.1 Å². The Morgan fingerprint density at radius 2 is 1.96 bits per heavy atom. The summed E-state index contributed by atoms with van der Waals surface area (Å²) in [4.78, 5) is 31.9. The minimum atomic E-state index is -2.88. The molecule has 0 saturated carbocycles. The molecule has 0 radical (unpaired) electrons. The smallest absolute Gasteiger partial charge is 0.387 e. The number of ether oxygens (including phenoxy) is 2. The maximum Gasteiger partial charge on any atom is 0.387 e. The van der Waals surface area contributed by atoms with Crippen molar-refractivity contribution in [3.05, 3.63) is 56.4 Å². The van der Waals surface area contributed by atoms with E-state index in [0.717, 1.165) is 11.3 Å². The molecule has 1 aromatic carbocycles. The molecule has 3 rings (SSSR count). The third-order valence-electron chi connectivity index (χ3n) is 3.73. The van der Waals surface area contributed by atoms with Crippen molar-refractivity contribution < 1.29 is 23.0 Å². The van der Waals surface area contributed by atoms with E-state index in [-0.39, 0.29) is 11.3 Å². The van der Waals surface area contributed by atoms with Gasteiger partial charge < -0.3 is 14.5 Å². The van der Waals surface area contributed by atoms with E-state index in [4.69, 9.17) is 4.74 Å². The summed E-state index contributed by atoms with van der Waals surface area (Å²) in [7, 11) is 1.27. The van der Waals surface area contributed by atoms with E-state index < -0.39 is 12.6 Å². The Labute approximate surface area is 156 Å². The molecule has 0 bridgehead atoms. The maximum absolute atomic E-state index is 12.3. The number of aryl methyl sites for hydroxylation is 1. The van der Waals surface area contributed by atoms with Gasteiger partial charge in [-0.3, -0.25) is 4.79 Å². The quantitative estimate of drug-likeness (QED) is 0.667. The third-order valence-corrected chi connectivity index (χ3v) is 4.89. The molecule has 0 spiro atoms. The van der Waals surface area contributed by atoms with Gasteiger partial charge in [0.15, 0.2) is 0 Å². The SMILES string of the molecule is COC(=O)c1sc2nc(/C=C/c3ccc(OC(F)F)cc3)[nH]c(=O)c2c1C. The molecule has 140 valence electrons. The molecule has 1 N–H and O–H groups in total. The average molecular weight is 392 g/mol. The number of rotatable bonds is 5. The Morgan fingerprint density at radius 3 is 2.59 bits per heavy atom. The molecular weight excluding hydrogens is 378 g/mol. The molecule has 0 amide bonds. The lowest BCUT2D eigenvalue weighted by molar-refractivity contribution is -0.0498. The minimum absolute atomic E-state index is 0.0551. The number of carbonyl (C=O) groups excluding carboxylic acids is 1. The van der Waals surface area contributed by atoms with Gasteiger partial charge in [0.05, 0.1) is 12.5 Å². The number of benzene rings is 1. The monoisotopic (exact) mass is 392 g/mol. The highest BCUT2D eigenvalue weighted by atomic mass is 32.1. The number of nitrogens with zero attached hydrogens (tertiary/aromatic N) is 1. The fourth-order valence-electron chi connectivity index (χ4n) is 2.46. The Bertz CT molecular complexity index is 1070. The molecule has 0 unspecified atom stereocenters. The van der Waals surface area contributed by atoms with Crippen molar-refractivity contribution in [2.75, 3.05) is 7.11 Å². The zero-order valence-corrected chi connectivity index (χ0v) is 15.1. The van der Waals surface area contributed by atoms with Gasteiger partial charge in [-0.05, 0) is 36.3 Å². The number of thiophene rings is 1. The summed E-state index contributed by atoms with van der Waals surface area (Å²) in [5, 5.41) is 0.353. The summed E-state index contributed by atoms with van der Waals surface area (Å²) in [6, 6.07) is 6.01. The highest BCUT2D eigenvalue weighted by Crippen LogP contribution is 2.27. The predicted octanol–water partition coefficient (Wildman–Crippen LogP) is 3.85. The molecule has 0 fully saturated rings. The number of nitrogens with one attached hydrogen (secondary N) is 1. The van der Waals surface area contributed by atoms with E-state index in [1.54, 1.807) is 31.2 Å². The molecule has 0 aliphatic rings. The number of halogens is 2. The van der Waals surface area contributed by atoms with Crippen molar-refractivity contribution in [2.24, 2.45) is 0 Å². The van der Waals surface area contributed by atoms with Crippen LogP contribution in [0.1, 0.15) is 26.6 Å². The van der Waals surface area contributed by atoms with Crippen LogP contribution in [0.5, 0.6) is 5.75 Å². The van der Waals surface area contributed by atoms with Gasteiger partial charge in [0.1, 0.15) is 21.3 Å². The second-order valence-electron chi connectivity index (χ2n) is 5.46. The number of methoxy groups -OCH3 is 1. The molecular formula is C18H14F2N2O4S. The van der Waals surface area contributed by atoms with Crippen LogP contribution in [-0.2, 0) is 4.74 Å².